The van der Waals surface area contributed by atoms with Crippen LogP contribution in [0, 0.1) is 13.7 Å². The van der Waals surface area contributed by atoms with Crippen LogP contribution in [0.2, 0.25) is 0 Å². The quantitative estimate of drug-likeness (QED) is 0.436. The van der Waals surface area contributed by atoms with Crippen molar-refractivity contribution in [1.82, 2.24) is 10.6 Å². The van der Waals surface area contributed by atoms with E-state index in [0.29, 0.717) is 10.1 Å². The van der Waals surface area contributed by atoms with Crippen molar-refractivity contribution in [3.8, 4) is 0 Å². The van der Waals surface area contributed by atoms with E-state index in [1.807, 2.05) is 29.5 Å². The van der Waals surface area contributed by atoms with Crippen molar-refractivity contribution in [2.75, 3.05) is 13.1 Å². The van der Waals surface area contributed by atoms with Gasteiger partial charge in [-0.05, 0) is 35.6 Å². The van der Waals surface area contributed by atoms with Crippen LogP contribution in [-0.2, 0) is 4.79 Å². The average molecular weight is 391 g/mol. The van der Waals surface area contributed by atoms with Crippen LogP contribution >= 0.6 is 22.6 Å². The van der Waals surface area contributed by atoms with Gasteiger partial charge in [-0.2, -0.15) is 0 Å². The first-order valence-corrected chi connectivity index (χ1v) is 7.02. The van der Waals surface area contributed by atoms with Gasteiger partial charge in [0.15, 0.2) is 0 Å². The second-order valence-corrected chi connectivity index (χ2v) is 5.04. The summed E-state index contributed by atoms with van der Waals surface area (Å²) >= 11 is 1.93. The van der Waals surface area contributed by atoms with Crippen LogP contribution < -0.4 is 10.6 Å². The summed E-state index contributed by atoms with van der Waals surface area (Å²) in [4.78, 5) is 33.3. The van der Waals surface area contributed by atoms with E-state index < -0.39 is 10.8 Å². The molecule has 108 valence electrons. The minimum absolute atomic E-state index is 0.140. The summed E-state index contributed by atoms with van der Waals surface area (Å²) in [5.74, 6) is -0.580. The second kappa shape index (κ2) is 7.78. The molecule has 0 unspecified atom stereocenters. The third-order valence-electron chi connectivity index (χ3n) is 2.42. The van der Waals surface area contributed by atoms with Gasteiger partial charge in [-0.1, -0.05) is 0 Å². The lowest BCUT2D eigenvalue weighted by Gasteiger charge is -2.07. The fourth-order valence-corrected chi connectivity index (χ4v) is 2.05. The number of amides is 2. The number of nitro groups is 1. The van der Waals surface area contributed by atoms with E-state index in [9.17, 15) is 19.7 Å². The first-order valence-electron chi connectivity index (χ1n) is 5.94. The molecule has 0 radical (unpaired) electrons. The zero-order chi connectivity index (χ0) is 15.1. The minimum atomic E-state index is -0.554. The Balaban J connectivity index is 2.65. The maximum atomic E-state index is 11.9. The molecule has 1 aromatic carbocycles. The van der Waals surface area contributed by atoms with Crippen molar-refractivity contribution in [2.45, 2.75) is 13.3 Å². The first-order chi connectivity index (χ1) is 9.45. The topological polar surface area (TPSA) is 101 Å². The Morgan fingerprint density at radius 2 is 2.05 bits per heavy atom. The van der Waals surface area contributed by atoms with Gasteiger partial charge in [0.25, 0.3) is 11.6 Å². The molecule has 0 spiro atoms. The van der Waals surface area contributed by atoms with Crippen molar-refractivity contribution < 1.29 is 14.5 Å². The van der Waals surface area contributed by atoms with Gasteiger partial charge in [-0.3, -0.25) is 19.7 Å². The Bertz CT molecular complexity index is 533. The zero-order valence-electron chi connectivity index (χ0n) is 10.8. The molecule has 0 bridgehead atoms. The van der Waals surface area contributed by atoms with Crippen LogP contribution in [0.1, 0.15) is 23.7 Å². The number of nitrogens with zero attached hydrogens (tertiary/aromatic N) is 1. The summed E-state index contributed by atoms with van der Waals surface area (Å²) in [6.07, 6.45) is 0.172. The molecule has 1 aromatic rings. The molecule has 0 fully saturated rings. The van der Waals surface area contributed by atoms with Gasteiger partial charge in [0, 0.05) is 35.2 Å². The summed E-state index contributed by atoms with van der Waals surface area (Å²) < 4.78 is 0.615. The second-order valence-electron chi connectivity index (χ2n) is 3.88. The van der Waals surface area contributed by atoms with Gasteiger partial charge >= 0.3 is 0 Å². The Kier molecular flexibility index (Phi) is 6.36. The molecule has 0 aliphatic carbocycles. The van der Waals surface area contributed by atoms with Crippen LogP contribution in [0.5, 0.6) is 0 Å². The molecule has 0 aliphatic rings. The summed E-state index contributed by atoms with van der Waals surface area (Å²) in [7, 11) is 0. The molecule has 0 saturated heterocycles. The fourth-order valence-electron chi connectivity index (χ4n) is 1.47. The SMILES string of the molecule is CCNC(=O)CCNC(=O)c1cc([N+](=O)[O-])ccc1I. The third kappa shape index (κ3) is 4.76. The van der Waals surface area contributed by atoms with Gasteiger partial charge in [-0.25, -0.2) is 0 Å². The Morgan fingerprint density at radius 3 is 2.65 bits per heavy atom. The number of benzene rings is 1. The van der Waals surface area contributed by atoms with Gasteiger partial charge < -0.3 is 10.6 Å². The molecule has 8 heteroatoms. The van der Waals surface area contributed by atoms with Crippen LogP contribution in [-0.4, -0.2) is 29.8 Å². The van der Waals surface area contributed by atoms with E-state index in [1.54, 1.807) is 0 Å². The number of nitrogens with one attached hydrogen (secondary N) is 2. The Morgan fingerprint density at radius 1 is 1.35 bits per heavy atom. The van der Waals surface area contributed by atoms with Crippen LogP contribution in [0.25, 0.3) is 0 Å². The highest BCUT2D eigenvalue weighted by Gasteiger charge is 2.15. The molecular weight excluding hydrogens is 377 g/mol. The van der Waals surface area contributed by atoms with Crippen LogP contribution in [0.4, 0.5) is 5.69 Å². The van der Waals surface area contributed by atoms with Crippen LogP contribution in [0.3, 0.4) is 0 Å². The average Bonchev–Trinajstić information content (AvgIpc) is 2.39. The van der Waals surface area contributed by atoms with Crippen molar-refractivity contribution in [2.24, 2.45) is 0 Å². The zero-order valence-corrected chi connectivity index (χ0v) is 13.0. The molecule has 0 aromatic heterocycles. The summed E-state index contributed by atoms with van der Waals surface area (Å²) in [6, 6.07) is 4.08. The maximum absolute atomic E-state index is 11.9. The lowest BCUT2D eigenvalue weighted by atomic mass is 10.2. The van der Waals surface area contributed by atoms with Crippen LogP contribution in [0.15, 0.2) is 18.2 Å². The number of carbonyl (C=O) groups excluding carboxylic acids is 2. The fraction of sp³-hybridized carbons (Fsp3) is 0.333. The number of hydrogen-bond acceptors (Lipinski definition) is 4. The summed E-state index contributed by atoms with van der Waals surface area (Å²) in [6.45, 7) is 2.53. The molecule has 0 saturated carbocycles. The minimum Gasteiger partial charge on any atom is -0.356 e. The number of non-ortho nitro benzene ring substituents is 1. The lowest BCUT2D eigenvalue weighted by molar-refractivity contribution is -0.384. The molecule has 0 heterocycles. The van der Waals surface area contributed by atoms with E-state index in [0.717, 1.165) is 0 Å². The smallest absolute Gasteiger partial charge is 0.270 e. The van der Waals surface area contributed by atoms with E-state index in [2.05, 4.69) is 10.6 Å². The van der Waals surface area contributed by atoms with Crippen molar-refractivity contribution in [1.29, 1.82) is 0 Å². The number of halogens is 1. The van der Waals surface area contributed by atoms with E-state index in [1.165, 1.54) is 18.2 Å². The Hall–Kier alpha value is -1.71. The monoisotopic (exact) mass is 391 g/mol. The maximum Gasteiger partial charge on any atom is 0.270 e. The number of rotatable bonds is 6. The predicted octanol–water partition coefficient (Wildman–Crippen LogP) is 1.46. The van der Waals surface area contributed by atoms with E-state index in [-0.39, 0.29) is 30.1 Å². The van der Waals surface area contributed by atoms with E-state index >= 15 is 0 Å². The molecule has 7 nitrogen and oxygen atoms in total. The molecule has 20 heavy (non-hydrogen) atoms. The molecule has 0 aliphatic heterocycles. The highest BCUT2D eigenvalue weighted by atomic mass is 127. The summed E-state index contributed by atoms with van der Waals surface area (Å²) in [5.41, 5.74) is 0.0926. The number of nitro benzene ring substituents is 1. The largest absolute Gasteiger partial charge is 0.356 e. The normalized spacial score (nSPS) is 9.90. The Labute approximate surface area is 129 Å². The first kappa shape index (κ1) is 16.3. The summed E-state index contributed by atoms with van der Waals surface area (Å²) in [5, 5.41) is 15.9. The van der Waals surface area contributed by atoms with Crippen molar-refractivity contribution in [3.63, 3.8) is 0 Å². The lowest BCUT2D eigenvalue weighted by Crippen LogP contribution is -2.30. The molecule has 0 atom stereocenters. The van der Waals surface area contributed by atoms with Gasteiger partial charge in [0.2, 0.25) is 5.91 Å². The number of carbonyl (C=O) groups is 2. The van der Waals surface area contributed by atoms with Crippen molar-refractivity contribution in [3.05, 3.63) is 37.4 Å². The molecule has 2 N–H and O–H groups in total. The van der Waals surface area contributed by atoms with Gasteiger partial charge in [-0.15, -0.1) is 0 Å². The third-order valence-corrected chi connectivity index (χ3v) is 3.36. The molecule has 2 amide bonds. The van der Waals surface area contributed by atoms with Crippen molar-refractivity contribution >= 4 is 40.1 Å². The van der Waals surface area contributed by atoms with Gasteiger partial charge in [0.1, 0.15) is 0 Å². The standard InChI is InChI=1S/C12H14IN3O4/c1-2-14-11(17)5-6-15-12(18)9-7-8(16(19)20)3-4-10(9)13/h3-4,7H,2,5-6H2,1H3,(H,14,17)(H,15,18). The predicted molar refractivity (Wildman–Crippen MR) is 81.4 cm³/mol. The number of hydrogen-bond donors (Lipinski definition) is 2. The van der Waals surface area contributed by atoms with E-state index in [4.69, 9.17) is 0 Å². The highest BCUT2D eigenvalue weighted by Crippen LogP contribution is 2.19. The highest BCUT2D eigenvalue weighted by molar-refractivity contribution is 14.1. The molecule has 1 rings (SSSR count). The van der Waals surface area contributed by atoms with Gasteiger partial charge in [0.05, 0.1) is 10.5 Å². The molecular formula is C12H14IN3O4.